The highest BCUT2D eigenvalue weighted by Gasteiger charge is 2.56. The van der Waals surface area contributed by atoms with E-state index < -0.39 is 0 Å². The van der Waals surface area contributed by atoms with Crippen LogP contribution < -0.4 is 0 Å². The van der Waals surface area contributed by atoms with Crippen molar-refractivity contribution in [1.82, 2.24) is 0 Å². The van der Waals surface area contributed by atoms with Crippen molar-refractivity contribution < 1.29 is 4.39 Å². The van der Waals surface area contributed by atoms with Gasteiger partial charge >= 0.3 is 0 Å². The number of nitriles is 1. The van der Waals surface area contributed by atoms with Crippen LogP contribution in [-0.4, -0.2) is 4.75 Å². The molecular weight excluding hydrogens is 245 g/mol. The summed E-state index contributed by atoms with van der Waals surface area (Å²) in [6.07, 6.45) is 6.99. The van der Waals surface area contributed by atoms with Gasteiger partial charge in [-0.1, -0.05) is 25.0 Å². The SMILES string of the molecule is N#CC1(Sc2ccccc2F)CC2(CCCC2)C1. The molecule has 0 N–H and O–H groups in total. The molecule has 1 nitrogen and oxygen atoms in total. The summed E-state index contributed by atoms with van der Waals surface area (Å²) in [7, 11) is 0. The van der Waals surface area contributed by atoms with Gasteiger partial charge in [-0.05, 0) is 43.2 Å². The Hall–Kier alpha value is -1.01. The highest BCUT2D eigenvalue weighted by Crippen LogP contribution is 2.63. The predicted octanol–water partition coefficient (Wildman–Crippen LogP) is 4.53. The summed E-state index contributed by atoms with van der Waals surface area (Å²) in [6.45, 7) is 0. The van der Waals surface area contributed by atoms with Gasteiger partial charge in [0.25, 0.3) is 0 Å². The Morgan fingerprint density at radius 2 is 1.83 bits per heavy atom. The third kappa shape index (κ3) is 1.93. The molecule has 94 valence electrons. The number of thioether (sulfide) groups is 1. The van der Waals surface area contributed by atoms with Crippen LogP contribution in [0.1, 0.15) is 38.5 Å². The van der Waals surface area contributed by atoms with Crippen molar-refractivity contribution in [1.29, 1.82) is 5.26 Å². The minimum atomic E-state index is -0.382. The van der Waals surface area contributed by atoms with Crippen LogP contribution in [0.3, 0.4) is 0 Å². The van der Waals surface area contributed by atoms with Crippen molar-refractivity contribution in [2.24, 2.45) is 5.41 Å². The highest BCUT2D eigenvalue weighted by atomic mass is 32.2. The molecule has 2 fully saturated rings. The van der Waals surface area contributed by atoms with Gasteiger partial charge in [0.15, 0.2) is 0 Å². The Morgan fingerprint density at radius 1 is 1.17 bits per heavy atom. The van der Waals surface area contributed by atoms with E-state index in [1.165, 1.54) is 43.5 Å². The maximum absolute atomic E-state index is 13.7. The average molecular weight is 261 g/mol. The van der Waals surface area contributed by atoms with Crippen molar-refractivity contribution in [2.45, 2.75) is 48.2 Å². The number of nitrogens with zero attached hydrogens (tertiary/aromatic N) is 1. The first-order valence-corrected chi connectivity index (χ1v) is 7.34. The first-order valence-electron chi connectivity index (χ1n) is 6.52. The summed E-state index contributed by atoms with van der Waals surface area (Å²) in [6, 6.07) is 9.21. The maximum atomic E-state index is 13.7. The molecule has 0 atom stereocenters. The first kappa shape index (κ1) is 12.0. The lowest BCUT2D eigenvalue weighted by molar-refractivity contribution is 0.119. The van der Waals surface area contributed by atoms with Gasteiger partial charge in [-0.15, -0.1) is 11.8 Å². The van der Waals surface area contributed by atoms with Gasteiger partial charge in [-0.3, -0.25) is 0 Å². The molecule has 0 heterocycles. The van der Waals surface area contributed by atoms with Crippen molar-refractivity contribution in [2.75, 3.05) is 0 Å². The molecule has 18 heavy (non-hydrogen) atoms. The number of benzene rings is 1. The minimum absolute atomic E-state index is 0.204. The van der Waals surface area contributed by atoms with E-state index in [1.807, 2.05) is 6.07 Å². The van der Waals surface area contributed by atoms with Crippen LogP contribution in [-0.2, 0) is 0 Å². The first-order chi connectivity index (χ1) is 8.67. The van der Waals surface area contributed by atoms with Gasteiger partial charge in [0.2, 0.25) is 0 Å². The van der Waals surface area contributed by atoms with Gasteiger partial charge in [0, 0.05) is 4.90 Å². The molecular formula is C15H16FNS. The molecule has 2 aliphatic carbocycles. The topological polar surface area (TPSA) is 23.8 Å². The van der Waals surface area contributed by atoms with Crippen molar-refractivity contribution in [3.63, 3.8) is 0 Å². The van der Waals surface area contributed by atoms with Crippen LogP contribution >= 0.6 is 11.8 Å². The van der Waals surface area contributed by atoms with E-state index in [0.717, 1.165) is 12.8 Å². The van der Waals surface area contributed by atoms with Crippen molar-refractivity contribution >= 4 is 11.8 Å². The molecule has 0 bridgehead atoms. The number of halogens is 1. The molecule has 3 heteroatoms. The molecule has 2 aliphatic rings. The lowest BCUT2D eigenvalue weighted by atomic mass is 9.61. The van der Waals surface area contributed by atoms with Gasteiger partial charge < -0.3 is 0 Å². The van der Waals surface area contributed by atoms with Crippen LogP contribution in [0, 0.1) is 22.6 Å². The Bertz CT molecular complexity index is 491. The number of hydrogen-bond donors (Lipinski definition) is 0. The largest absolute Gasteiger partial charge is 0.206 e. The zero-order valence-electron chi connectivity index (χ0n) is 10.3. The van der Waals surface area contributed by atoms with Crippen molar-refractivity contribution in [3.8, 4) is 6.07 Å². The lowest BCUT2D eigenvalue weighted by Gasteiger charge is -2.50. The summed E-state index contributed by atoms with van der Waals surface area (Å²) < 4.78 is 13.3. The molecule has 0 radical (unpaired) electrons. The number of rotatable bonds is 2. The zero-order valence-corrected chi connectivity index (χ0v) is 11.1. The Labute approximate surface area is 111 Å². The summed E-state index contributed by atoms with van der Waals surface area (Å²) >= 11 is 1.43. The second-order valence-electron chi connectivity index (χ2n) is 5.70. The number of hydrogen-bond acceptors (Lipinski definition) is 2. The van der Waals surface area contributed by atoms with Crippen LogP contribution in [0.2, 0.25) is 0 Å². The lowest BCUT2D eigenvalue weighted by Crippen LogP contribution is -2.47. The van der Waals surface area contributed by atoms with Gasteiger partial charge in [0.05, 0.1) is 6.07 Å². The summed E-state index contributed by atoms with van der Waals surface area (Å²) in [5.41, 5.74) is 0.411. The van der Waals surface area contributed by atoms with E-state index in [4.69, 9.17) is 0 Å². The van der Waals surface area contributed by atoms with Crippen molar-refractivity contribution in [3.05, 3.63) is 30.1 Å². The monoisotopic (exact) mass is 261 g/mol. The fourth-order valence-corrected chi connectivity index (χ4v) is 5.09. The highest BCUT2D eigenvalue weighted by molar-refractivity contribution is 8.01. The third-order valence-electron chi connectivity index (χ3n) is 4.33. The second-order valence-corrected chi connectivity index (χ2v) is 7.12. The van der Waals surface area contributed by atoms with E-state index in [9.17, 15) is 9.65 Å². The van der Waals surface area contributed by atoms with Crippen LogP contribution in [0.25, 0.3) is 0 Å². The quantitative estimate of drug-likeness (QED) is 0.780. The van der Waals surface area contributed by atoms with E-state index in [2.05, 4.69) is 6.07 Å². The molecule has 3 rings (SSSR count). The van der Waals surface area contributed by atoms with E-state index in [1.54, 1.807) is 12.1 Å². The maximum Gasteiger partial charge on any atom is 0.136 e. The molecule has 1 aromatic rings. The zero-order chi connectivity index (χ0) is 12.6. The van der Waals surface area contributed by atoms with Gasteiger partial charge in [-0.2, -0.15) is 5.26 Å². The van der Waals surface area contributed by atoms with Crippen LogP contribution in [0.5, 0.6) is 0 Å². The predicted molar refractivity (Wildman–Crippen MR) is 70.7 cm³/mol. The van der Waals surface area contributed by atoms with Gasteiger partial charge in [-0.25, -0.2) is 4.39 Å². The second kappa shape index (κ2) is 4.28. The summed E-state index contributed by atoms with van der Waals surface area (Å²) in [5.74, 6) is -0.204. The molecule has 2 saturated carbocycles. The molecule has 1 spiro atoms. The molecule has 1 aromatic carbocycles. The van der Waals surface area contributed by atoms with Crippen LogP contribution in [0.4, 0.5) is 4.39 Å². The fraction of sp³-hybridized carbons (Fsp3) is 0.533. The third-order valence-corrected chi connectivity index (χ3v) is 5.65. The fourth-order valence-electron chi connectivity index (χ4n) is 3.55. The van der Waals surface area contributed by atoms with E-state index >= 15 is 0 Å². The Morgan fingerprint density at radius 3 is 2.44 bits per heavy atom. The Kier molecular flexibility index (Phi) is 2.86. The van der Waals surface area contributed by atoms with E-state index in [-0.39, 0.29) is 10.6 Å². The average Bonchev–Trinajstić information content (AvgIpc) is 2.80. The molecule has 0 unspecified atom stereocenters. The molecule has 0 aliphatic heterocycles. The van der Waals surface area contributed by atoms with Gasteiger partial charge in [0.1, 0.15) is 10.6 Å². The smallest absolute Gasteiger partial charge is 0.136 e. The van der Waals surface area contributed by atoms with Crippen LogP contribution in [0.15, 0.2) is 29.2 Å². The normalized spacial score (nSPS) is 23.6. The molecule has 0 saturated heterocycles. The summed E-state index contributed by atoms with van der Waals surface area (Å²) in [5, 5.41) is 9.44. The summed E-state index contributed by atoms with van der Waals surface area (Å²) in [4.78, 5) is 0.617. The van der Waals surface area contributed by atoms with E-state index in [0.29, 0.717) is 10.3 Å². The molecule has 0 aromatic heterocycles. The minimum Gasteiger partial charge on any atom is -0.206 e. The Balaban J connectivity index is 1.76. The molecule has 0 amide bonds. The standard InChI is InChI=1S/C15H16FNS/c16-12-5-1-2-6-13(12)18-15(11-17)9-14(10-15)7-3-4-8-14/h1-2,5-6H,3-4,7-10H2.